The maximum Gasteiger partial charge on any atom is 0.303 e. The van der Waals surface area contributed by atoms with Crippen LogP contribution in [0.5, 0.6) is 0 Å². The van der Waals surface area contributed by atoms with Gasteiger partial charge in [0.05, 0.1) is 12.5 Å². The minimum Gasteiger partial charge on any atom is -0.492 e. The SMILES string of the molecule is C/C=C\C(O[C@H]1C[C@@H](OC(C)=O)[C@@H](OC(C)=O)C(COC(C)=O)O1)=C(/C)OCC(C)OC. The first-order valence-corrected chi connectivity index (χ1v) is 10.4. The molecule has 0 N–H and O–H groups in total. The second-order valence-corrected chi connectivity index (χ2v) is 7.26. The largest absolute Gasteiger partial charge is 0.492 e. The van der Waals surface area contributed by atoms with Gasteiger partial charge in [0.15, 0.2) is 11.9 Å². The molecule has 10 nitrogen and oxygen atoms in total. The van der Waals surface area contributed by atoms with E-state index in [0.717, 1.165) is 0 Å². The third-order valence-electron chi connectivity index (χ3n) is 4.41. The summed E-state index contributed by atoms with van der Waals surface area (Å²) in [4.78, 5) is 34.6. The molecule has 0 aliphatic carbocycles. The average Bonchev–Trinajstić information content (AvgIpc) is 2.71. The van der Waals surface area contributed by atoms with Gasteiger partial charge in [0.2, 0.25) is 6.29 Å². The fourth-order valence-electron chi connectivity index (χ4n) is 2.89. The summed E-state index contributed by atoms with van der Waals surface area (Å²) >= 11 is 0. The summed E-state index contributed by atoms with van der Waals surface area (Å²) in [6.45, 7) is 9.25. The first-order chi connectivity index (χ1) is 15.1. The van der Waals surface area contributed by atoms with Crippen LogP contribution in [-0.4, -0.2) is 68.9 Å². The van der Waals surface area contributed by atoms with Gasteiger partial charge < -0.3 is 33.2 Å². The molecular formula is C22H34O10. The van der Waals surface area contributed by atoms with Gasteiger partial charge in [-0.25, -0.2) is 0 Å². The molecule has 2 unspecified atom stereocenters. The highest BCUT2D eigenvalue weighted by Gasteiger charge is 2.44. The van der Waals surface area contributed by atoms with Crippen molar-refractivity contribution in [1.82, 2.24) is 0 Å². The molecule has 1 aliphatic rings. The predicted molar refractivity (Wildman–Crippen MR) is 112 cm³/mol. The van der Waals surface area contributed by atoms with Gasteiger partial charge in [-0.15, -0.1) is 0 Å². The fourth-order valence-corrected chi connectivity index (χ4v) is 2.89. The second-order valence-electron chi connectivity index (χ2n) is 7.26. The van der Waals surface area contributed by atoms with Crippen LogP contribution in [0.2, 0.25) is 0 Å². The van der Waals surface area contributed by atoms with Crippen molar-refractivity contribution in [3.8, 4) is 0 Å². The van der Waals surface area contributed by atoms with Crippen molar-refractivity contribution in [2.75, 3.05) is 20.3 Å². The van der Waals surface area contributed by atoms with E-state index in [1.54, 1.807) is 26.2 Å². The second kappa shape index (κ2) is 13.7. The van der Waals surface area contributed by atoms with Crippen molar-refractivity contribution in [3.63, 3.8) is 0 Å². The molecule has 0 amide bonds. The Labute approximate surface area is 188 Å². The van der Waals surface area contributed by atoms with Crippen molar-refractivity contribution in [1.29, 1.82) is 0 Å². The molecule has 1 aliphatic heterocycles. The van der Waals surface area contributed by atoms with Crippen LogP contribution >= 0.6 is 0 Å². The van der Waals surface area contributed by atoms with Crippen molar-refractivity contribution in [2.24, 2.45) is 0 Å². The van der Waals surface area contributed by atoms with E-state index in [2.05, 4.69) is 0 Å². The molecule has 0 aromatic heterocycles. The highest BCUT2D eigenvalue weighted by atomic mass is 16.7. The molecule has 1 fully saturated rings. The van der Waals surface area contributed by atoms with Crippen LogP contribution in [0.3, 0.4) is 0 Å². The average molecular weight is 459 g/mol. The molecule has 0 saturated carbocycles. The highest BCUT2D eigenvalue weighted by molar-refractivity contribution is 5.67. The van der Waals surface area contributed by atoms with Crippen molar-refractivity contribution in [2.45, 2.75) is 78.7 Å². The Bertz CT molecular complexity index is 699. The van der Waals surface area contributed by atoms with Crippen LogP contribution in [0.25, 0.3) is 0 Å². The minimum atomic E-state index is -0.968. The number of rotatable bonds is 11. The quantitative estimate of drug-likeness (QED) is 0.198. The number of ether oxygens (including phenoxy) is 7. The number of hydrogen-bond acceptors (Lipinski definition) is 10. The lowest BCUT2D eigenvalue weighted by atomic mass is 10.0. The van der Waals surface area contributed by atoms with Crippen molar-refractivity contribution in [3.05, 3.63) is 23.7 Å². The number of carbonyl (C=O) groups is 3. The van der Waals surface area contributed by atoms with E-state index in [9.17, 15) is 14.4 Å². The number of allylic oxidation sites excluding steroid dienone is 3. The molecule has 1 saturated heterocycles. The minimum absolute atomic E-state index is 0.0803. The maximum absolute atomic E-state index is 11.7. The Hall–Kier alpha value is -2.59. The van der Waals surface area contributed by atoms with E-state index in [0.29, 0.717) is 18.1 Å². The molecule has 182 valence electrons. The highest BCUT2D eigenvalue weighted by Crippen LogP contribution is 2.29. The van der Waals surface area contributed by atoms with Crippen LogP contribution in [-0.2, 0) is 47.5 Å². The Kier molecular flexibility index (Phi) is 11.8. The van der Waals surface area contributed by atoms with E-state index in [1.807, 2.05) is 13.8 Å². The first kappa shape index (κ1) is 27.4. The number of esters is 3. The third kappa shape index (κ3) is 9.69. The summed E-state index contributed by atoms with van der Waals surface area (Å²) in [6, 6.07) is 0. The molecular weight excluding hydrogens is 424 g/mol. The first-order valence-electron chi connectivity index (χ1n) is 10.4. The molecule has 32 heavy (non-hydrogen) atoms. The monoisotopic (exact) mass is 458 g/mol. The smallest absolute Gasteiger partial charge is 0.303 e. The summed E-state index contributed by atoms with van der Waals surface area (Å²) in [6.07, 6.45) is -0.195. The van der Waals surface area contributed by atoms with E-state index in [4.69, 9.17) is 33.2 Å². The molecule has 0 bridgehead atoms. The van der Waals surface area contributed by atoms with Crippen LogP contribution in [0.1, 0.15) is 48.0 Å². The molecule has 1 heterocycles. The zero-order valence-electron chi connectivity index (χ0n) is 19.7. The van der Waals surface area contributed by atoms with Crippen LogP contribution in [0, 0.1) is 0 Å². The molecule has 1 rings (SSSR count). The molecule has 10 heteroatoms. The number of carbonyl (C=O) groups excluding carboxylic acids is 3. The maximum atomic E-state index is 11.7. The van der Waals surface area contributed by atoms with Crippen LogP contribution < -0.4 is 0 Å². The summed E-state index contributed by atoms with van der Waals surface area (Å²) in [5.41, 5.74) is 0. The lowest BCUT2D eigenvalue weighted by molar-refractivity contribution is -0.257. The molecule has 5 atom stereocenters. The lowest BCUT2D eigenvalue weighted by Crippen LogP contribution is -2.54. The van der Waals surface area contributed by atoms with E-state index >= 15 is 0 Å². The Morgan fingerprint density at radius 2 is 1.66 bits per heavy atom. The van der Waals surface area contributed by atoms with E-state index < -0.39 is 42.5 Å². The molecule has 0 aromatic carbocycles. The van der Waals surface area contributed by atoms with Crippen molar-refractivity contribution >= 4 is 17.9 Å². The summed E-state index contributed by atoms with van der Waals surface area (Å²) in [7, 11) is 1.59. The Morgan fingerprint density at radius 1 is 1.00 bits per heavy atom. The van der Waals surface area contributed by atoms with Gasteiger partial charge >= 0.3 is 17.9 Å². The molecule has 0 radical (unpaired) electrons. The standard InChI is InChI=1S/C22H34O10/c1-8-9-18(14(3)27-11-13(2)26-7)31-21-10-19(29-16(5)24)22(30-17(6)25)20(32-21)12-28-15(4)23/h8-9,13,19-22H,10-12H2,1-7H3/b9-8-,18-14-/t13?,19-,20?,21-,22-/m1/s1. The molecule has 0 spiro atoms. The van der Waals surface area contributed by atoms with Crippen molar-refractivity contribution < 1.29 is 47.5 Å². The van der Waals surface area contributed by atoms with Gasteiger partial charge in [-0.1, -0.05) is 6.08 Å². The predicted octanol–water partition coefficient (Wildman–Crippen LogP) is 2.40. The van der Waals surface area contributed by atoms with Crippen LogP contribution in [0.15, 0.2) is 23.7 Å². The van der Waals surface area contributed by atoms with Gasteiger partial charge in [-0.3, -0.25) is 14.4 Å². The summed E-state index contributed by atoms with van der Waals surface area (Å²) in [5, 5.41) is 0. The lowest BCUT2D eigenvalue weighted by Gasteiger charge is -2.40. The zero-order chi connectivity index (χ0) is 24.3. The van der Waals surface area contributed by atoms with Gasteiger partial charge in [0.25, 0.3) is 0 Å². The third-order valence-corrected chi connectivity index (χ3v) is 4.41. The van der Waals surface area contributed by atoms with E-state index in [-0.39, 0.29) is 19.1 Å². The van der Waals surface area contributed by atoms with Gasteiger partial charge in [-0.2, -0.15) is 0 Å². The van der Waals surface area contributed by atoms with Gasteiger partial charge in [-0.05, 0) is 26.8 Å². The fraction of sp³-hybridized carbons (Fsp3) is 0.682. The number of methoxy groups -OCH3 is 1. The van der Waals surface area contributed by atoms with Crippen LogP contribution in [0.4, 0.5) is 0 Å². The van der Waals surface area contributed by atoms with Gasteiger partial charge in [0.1, 0.15) is 31.2 Å². The topological polar surface area (TPSA) is 116 Å². The number of hydrogen-bond donors (Lipinski definition) is 0. The normalized spacial score (nSPS) is 24.8. The zero-order valence-corrected chi connectivity index (χ0v) is 19.7. The summed E-state index contributed by atoms with van der Waals surface area (Å²) < 4.78 is 38.6. The van der Waals surface area contributed by atoms with Gasteiger partial charge in [0, 0.05) is 27.9 Å². The Morgan fingerprint density at radius 3 is 2.19 bits per heavy atom. The molecule has 0 aromatic rings. The Balaban J connectivity index is 3.11. The van der Waals surface area contributed by atoms with E-state index in [1.165, 1.54) is 20.8 Å². The summed E-state index contributed by atoms with van der Waals surface area (Å²) in [5.74, 6) is -0.781.